The number of nitrogens with zero attached hydrogens (tertiary/aromatic N) is 1. The lowest BCUT2D eigenvalue weighted by molar-refractivity contribution is 0.412. The number of halogens is 2. The van der Waals surface area contributed by atoms with Crippen molar-refractivity contribution in [1.29, 1.82) is 0 Å². The SMILES string of the molecule is CC(C)(CCl)CNS(=O)(=O)c1ncccc1F. The molecule has 1 heterocycles. The number of rotatable bonds is 5. The Hall–Kier alpha value is -0.720. The standard InChI is InChI=1S/C10H14ClFN2O2S/c1-10(2,6-11)7-14-17(15,16)9-8(12)4-3-5-13-9/h3-5,14H,6-7H2,1-2H3. The Morgan fingerprint density at radius 3 is 2.71 bits per heavy atom. The third kappa shape index (κ3) is 3.90. The minimum absolute atomic E-state index is 0.120. The molecule has 0 amide bonds. The fraction of sp³-hybridized carbons (Fsp3) is 0.500. The number of sulfonamides is 1. The van der Waals surface area contributed by atoms with Crippen molar-refractivity contribution in [3.63, 3.8) is 0 Å². The molecular weight excluding hydrogens is 267 g/mol. The molecule has 0 radical (unpaired) electrons. The van der Waals surface area contributed by atoms with Crippen molar-refractivity contribution >= 4 is 21.6 Å². The van der Waals surface area contributed by atoms with Crippen LogP contribution in [0.15, 0.2) is 23.4 Å². The van der Waals surface area contributed by atoms with Gasteiger partial charge in [-0.05, 0) is 17.5 Å². The lowest BCUT2D eigenvalue weighted by Gasteiger charge is -2.21. The summed E-state index contributed by atoms with van der Waals surface area (Å²) in [5.74, 6) is -0.580. The van der Waals surface area contributed by atoms with E-state index < -0.39 is 26.3 Å². The van der Waals surface area contributed by atoms with Crippen LogP contribution in [0.4, 0.5) is 4.39 Å². The zero-order chi connectivity index (χ0) is 13.1. The van der Waals surface area contributed by atoms with Gasteiger partial charge in [0.25, 0.3) is 10.0 Å². The van der Waals surface area contributed by atoms with E-state index in [4.69, 9.17) is 11.6 Å². The zero-order valence-corrected chi connectivity index (χ0v) is 11.1. The van der Waals surface area contributed by atoms with Crippen molar-refractivity contribution in [3.05, 3.63) is 24.1 Å². The maximum absolute atomic E-state index is 13.3. The van der Waals surface area contributed by atoms with Crippen molar-refractivity contribution in [3.8, 4) is 0 Å². The lowest BCUT2D eigenvalue weighted by atomic mass is 9.97. The Kier molecular flexibility index (Phi) is 4.46. The summed E-state index contributed by atoms with van der Waals surface area (Å²) in [5, 5.41) is -0.592. The van der Waals surface area contributed by atoms with Crippen LogP contribution in [0.25, 0.3) is 0 Å². The Morgan fingerprint density at radius 2 is 2.18 bits per heavy atom. The molecule has 0 fully saturated rings. The molecule has 0 aliphatic carbocycles. The highest BCUT2D eigenvalue weighted by Gasteiger charge is 2.24. The van der Waals surface area contributed by atoms with Gasteiger partial charge < -0.3 is 0 Å². The van der Waals surface area contributed by atoms with Gasteiger partial charge in [0, 0.05) is 18.6 Å². The quantitative estimate of drug-likeness (QED) is 0.836. The van der Waals surface area contributed by atoms with Gasteiger partial charge in [0.1, 0.15) is 0 Å². The van der Waals surface area contributed by atoms with E-state index in [1.165, 1.54) is 12.3 Å². The topological polar surface area (TPSA) is 59.1 Å². The highest BCUT2D eigenvalue weighted by molar-refractivity contribution is 7.89. The third-order valence-corrected chi connectivity index (χ3v) is 4.14. The minimum atomic E-state index is -3.93. The first-order chi connectivity index (χ1) is 7.78. The minimum Gasteiger partial charge on any atom is -0.241 e. The molecule has 0 unspecified atom stereocenters. The number of aromatic nitrogens is 1. The van der Waals surface area contributed by atoms with Crippen molar-refractivity contribution < 1.29 is 12.8 Å². The van der Waals surface area contributed by atoms with Crippen LogP contribution in [-0.2, 0) is 10.0 Å². The Bertz CT molecular complexity index is 491. The van der Waals surface area contributed by atoms with Gasteiger partial charge in [0.15, 0.2) is 5.82 Å². The van der Waals surface area contributed by atoms with E-state index >= 15 is 0 Å². The van der Waals surface area contributed by atoms with Crippen LogP contribution >= 0.6 is 11.6 Å². The molecule has 1 aromatic rings. The molecule has 17 heavy (non-hydrogen) atoms. The van der Waals surface area contributed by atoms with Gasteiger partial charge in [-0.25, -0.2) is 22.5 Å². The van der Waals surface area contributed by atoms with Crippen LogP contribution in [0.5, 0.6) is 0 Å². The molecule has 0 saturated carbocycles. The van der Waals surface area contributed by atoms with E-state index in [1.807, 2.05) is 0 Å². The number of hydrogen-bond donors (Lipinski definition) is 1. The van der Waals surface area contributed by atoms with E-state index in [2.05, 4.69) is 9.71 Å². The molecule has 0 aromatic carbocycles. The van der Waals surface area contributed by atoms with Gasteiger partial charge in [-0.1, -0.05) is 13.8 Å². The number of pyridine rings is 1. The van der Waals surface area contributed by atoms with Gasteiger partial charge in [0.2, 0.25) is 5.03 Å². The molecule has 7 heteroatoms. The molecule has 4 nitrogen and oxygen atoms in total. The molecule has 1 N–H and O–H groups in total. The van der Waals surface area contributed by atoms with E-state index in [9.17, 15) is 12.8 Å². The molecule has 1 aromatic heterocycles. The van der Waals surface area contributed by atoms with Gasteiger partial charge in [-0.2, -0.15) is 0 Å². The van der Waals surface area contributed by atoms with Crippen molar-refractivity contribution in [2.24, 2.45) is 5.41 Å². The number of alkyl halides is 1. The molecular formula is C10H14ClFN2O2S. The Labute approximate surface area is 105 Å². The van der Waals surface area contributed by atoms with Crippen molar-refractivity contribution in [1.82, 2.24) is 9.71 Å². The average Bonchev–Trinajstić information content (AvgIpc) is 2.27. The van der Waals surface area contributed by atoms with E-state index in [0.717, 1.165) is 6.07 Å². The van der Waals surface area contributed by atoms with Gasteiger partial charge >= 0.3 is 0 Å². The summed E-state index contributed by atoms with van der Waals surface area (Å²) in [6, 6.07) is 2.38. The largest absolute Gasteiger partial charge is 0.261 e. The first-order valence-electron chi connectivity index (χ1n) is 4.95. The average molecular weight is 281 g/mol. The molecule has 0 saturated heterocycles. The Morgan fingerprint density at radius 1 is 1.53 bits per heavy atom. The normalized spacial score (nSPS) is 12.7. The summed E-state index contributed by atoms with van der Waals surface area (Å²) in [4.78, 5) is 3.52. The molecule has 0 bridgehead atoms. The summed E-state index contributed by atoms with van der Waals surface area (Å²) in [6.07, 6.45) is 1.23. The molecule has 96 valence electrons. The molecule has 0 atom stereocenters. The number of hydrogen-bond acceptors (Lipinski definition) is 3. The lowest BCUT2D eigenvalue weighted by Crippen LogP contribution is -2.35. The van der Waals surface area contributed by atoms with E-state index in [-0.39, 0.29) is 6.54 Å². The number of nitrogens with one attached hydrogen (secondary N) is 1. The maximum atomic E-state index is 13.3. The van der Waals surface area contributed by atoms with Gasteiger partial charge in [0.05, 0.1) is 0 Å². The molecule has 1 rings (SSSR count). The van der Waals surface area contributed by atoms with Crippen LogP contribution in [0, 0.1) is 11.2 Å². The summed E-state index contributed by atoms with van der Waals surface area (Å²) in [5.41, 5.74) is -0.403. The summed E-state index contributed by atoms with van der Waals surface area (Å²) >= 11 is 5.67. The second-order valence-electron chi connectivity index (χ2n) is 4.41. The summed E-state index contributed by atoms with van der Waals surface area (Å²) < 4.78 is 39.1. The zero-order valence-electron chi connectivity index (χ0n) is 9.57. The second-order valence-corrected chi connectivity index (χ2v) is 6.36. The van der Waals surface area contributed by atoms with Gasteiger partial charge in [-0.3, -0.25) is 0 Å². The maximum Gasteiger partial charge on any atom is 0.261 e. The highest BCUT2D eigenvalue weighted by Crippen LogP contribution is 2.17. The van der Waals surface area contributed by atoms with E-state index in [1.54, 1.807) is 13.8 Å². The van der Waals surface area contributed by atoms with Crippen molar-refractivity contribution in [2.75, 3.05) is 12.4 Å². The molecule has 0 aliphatic rings. The summed E-state index contributed by atoms with van der Waals surface area (Å²) in [6.45, 7) is 3.73. The predicted octanol–water partition coefficient (Wildman–Crippen LogP) is 1.76. The first kappa shape index (κ1) is 14.3. The Balaban J connectivity index is 2.88. The van der Waals surface area contributed by atoms with Crippen LogP contribution in [0.1, 0.15) is 13.8 Å². The van der Waals surface area contributed by atoms with E-state index in [0.29, 0.717) is 5.88 Å². The fourth-order valence-electron chi connectivity index (χ4n) is 0.975. The van der Waals surface area contributed by atoms with Crippen LogP contribution in [0.3, 0.4) is 0 Å². The predicted molar refractivity (Wildman–Crippen MR) is 63.9 cm³/mol. The smallest absolute Gasteiger partial charge is 0.241 e. The second kappa shape index (κ2) is 5.29. The van der Waals surface area contributed by atoms with Crippen LogP contribution in [0.2, 0.25) is 0 Å². The van der Waals surface area contributed by atoms with Crippen LogP contribution < -0.4 is 4.72 Å². The van der Waals surface area contributed by atoms with Gasteiger partial charge in [-0.15, -0.1) is 11.6 Å². The van der Waals surface area contributed by atoms with Crippen molar-refractivity contribution in [2.45, 2.75) is 18.9 Å². The van der Waals surface area contributed by atoms with Crippen LogP contribution in [-0.4, -0.2) is 25.8 Å². The summed E-state index contributed by atoms with van der Waals surface area (Å²) in [7, 11) is -3.93. The molecule has 0 spiro atoms. The monoisotopic (exact) mass is 280 g/mol. The molecule has 0 aliphatic heterocycles. The highest BCUT2D eigenvalue weighted by atomic mass is 35.5. The fourth-order valence-corrected chi connectivity index (χ4v) is 2.31. The third-order valence-electron chi connectivity index (χ3n) is 2.08. The first-order valence-corrected chi connectivity index (χ1v) is 6.96.